The van der Waals surface area contributed by atoms with E-state index in [-0.39, 0.29) is 11.4 Å². The van der Waals surface area contributed by atoms with Crippen LogP contribution in [0.5, 0.6) is 0 Å². The highest BCUT2D eigenvalue weighted by atomic mass is 19.4. The molecule has 6 heteroatoms. The lowest BCUT2D eigenvalue weighted by molar-refractivity contribution is -0.137. The van der Waals surface area contributed by atoms with Crippen LogP contribution in [0.2, 0.25) is 0 Å². The van der Waals surface area contributed by atoms with Gasteiger partial charge in [-0.25, -0.2) is 0 Å². The molecule has 1 N–H and O–H groups in total. The second kappa shape index (κ2) is 5.46. The minimum atomic E-state index is -4.40. The van der Waals surface area contributed by atoms with Crippen molar-refractivity contribution in [2.24, 2.45) is 0 Å². The van der Waals surface area contributed by atoms with Gasteiger partial charge in [0.2, 0.25) is 0 Å². The molecule has 0 radical (unpaired) electrons. The van der Waals surface area contributed by atoms with Crippen LogP contribution in [0, 0.1) is 6.92 Å². The van der Waals surface area contributed by atoms with E-state index in [1.807, 2.05) is 12.1 Å². The molecular formula is C17H12F3NO2. The lowest BCUT2D eigenvalue weighted by Gasteiger charge is -2.08. The van der Waals surface area contributed by atoms with E-state index in [0.29, 0.717) is 11.1 Å². The number of fused-ring (bicyclic) bond motifs is 1. The molecule has 0 unspecified atom stereocenters. The van der Waals surface area contributed by atoms with Gasteiger partial charge in [0.05, 0.1) is 5.56 Å². The Kier molecular flexibility index (Phi) is 3.60. The van der Waals surface area contributed by atoms with Crippen LogP contribution in [0.4, 0.5) is 18.9 Å². The van der Waals surface area contributed by atoms with Gasteiger partial charge >= 0.3 is 6.18 Å². The molecular weight excluding hydrogens is 307 g/mol. The van der Waals surface area contributed by atoms with Gasteiger partial charge in [0.15, 0.2) is 5.76 Å². The Morgan fingerprint density at radius 1 is 1.04 bits per heavy atom. The maximum absolute atomic E-state index is 12.5. The Morgan fingerprint density at radius 3 is 2.30 bits per heavy atom. The third-order valence-electron chi connectivity index (χ3n) is 3.52. The van der Waals surface area contributed by atoms with Crippen molar-refractivity contribution in [2.75, 3.05) is 5.32 Å². The molecule has 3 aromatic rings. The molecule has 0 spiro atoms. The second-order valence-corrected chi connectivity index (χ2v) is 5.08. The zero-order valence-electron chi connectivity index (χ0n) is 12.1. The fourth-order valence-electron chi connectivity index (χ4n) is 2.32. The summed E-state index contributed by atoms with van der Waals surface area (Å²) in [6.07, 6.45) is -4.40. The molecule has 3 nitrogen and oxygen atoms in total. The second-order valence-electron chi connectivity index (χ2n) is 5.08. The van der Waals surface area contributed by atoms with Gasteiger partial charge in [0.1, 0.15) is 5.58 Å². The number of hydrogen-bond acceptors (Lipinski definition) is 2. The predicted octanol–water partition coefficient (Wildman–Crippen LogP) is 5.01. The zero-order valence-corrected chi connectivity index (χ0v) is 12.1. The number of anilines is 1. The number of halogens is 3. The highest BCUT2D eigenvalue weighted by molar-refractivity contribution is 6.06. The quantitative estimate of drug-likeness (QED) is 0.721. The van der Waals surface area contributed by atoms with E-state index in [4.69, 9.17) is 4.42 Å². The van der Waals surface area contributed by atoms with Gasteiger partial charge in [-0.05, 0) is 37.3 Å². The number of alkyl halides is 3. The Bertz CT molecular complexity index is 864. The smallest absolute Gasteiger partial charge is 0.416 e. The maximum Gasteiger partial charge on any atom is 0.416 e. The first-order valence-corrected chi connectivity index (χ1v) is 6.83. The molecule has 0 atom stereocenters. The Balaban J connectivity index is 1.85. The van der Waals surface area contributed by atoms with Crippen LogP contribution < -0.4 is 5.32 Å². The standard InChI is InChI=1S/C17H12F3NO2/c1-10-13-4-2-3-5-14(13)23-15(10)16(22)21-12-8-6-11(7-9-12)17(18,19)20/h2-9H,1H3,(H,21,22). The van der Waals surface area contributed by atoms with Crippen molar-refractivity contribution in [3.8, 4) is 0 Å². The minimum absolute atomic E-state index is 0.145. The van der Waals surface area contributed by atoms with E-state index in [2.05, 4.69) is 5.32 Å². The highest BCUT2D eigenvalue weighted by Gasteiger charge is 2.30. The van der Waals surface area contributed by atoms with E-state index in [0.717, 1.165) is 17.5 Å². The van der Waals surface area contributed by atoms with Crippen molar-refractivity contribution in [3.63, 3.8) is 0 Å². The summed E-state index contributed by atoms with van der Waals surface area (Å²) in [5.41, 5.74) is 0.769. The van der Waals surface area contributed by atoms with Crippen LogP contribution in [0.1, 0.15) is 21.7 Å². The molecule has 0 aliphatic carbocycles. The molecule has 0 aliphatic rings. The molecule has 3 rings (SSSR count). The van der Waals surface area contributed by atoms with Gasteiger partial charge in [-0.2, -0.15) is 13.2 Å². The summed E-state index contributed by atoms with van der Waals surface area (Å²) in [5.74, 6) is -0.357. The summed E-state index contributed by atoms with van der Waals surface area (Å²) < 4.78 is 43.1. The molecule has 1 aromatic heterocycles. The number of benzene rings is 2. The van der Waals surface area contributed by atoms with Crippen LogP contribution in [-0.4, -0.2) is 5.91 Å². The fourth-order valence-corrected chi connectivity index (χ4v) is 2.32. The van der Waals surface area contributed by atoms with Crippen molar-refractivity contribution in [1.82, 2.24) is 0 Å². The van der Waals surface area contributed by atoms with Crippen LogP contribution >= 0.6 is 0 Å². The molecule has 1 amide bonds. The third kappa shape index (κ3) is 2.92. The summed E-state index contributed by atoms with van der Waals surface area (Å²) in [5, 5.41) is 3.36. The number of carbonyl (C=O) groups is 1. The third-order valence-corrected chi connectivity index (χ3v) is 3.52. The summed E-state index contributed by atoms with van der Waals surface area (Å²) in [4.78, 5) is 12.3. The Labute approximate surface area is 129 Å². The van der Waals surface area contributed by atoms with E-state index >= 15 is 0 Å². The first-order valence-electron chi connectivity index (χ1n) is 6.83. The van der Waals surface area contributed by atoms with E-state index in [9.17, 15) is 18.0 Å². The van der Waals surface area contributed by atoms with Crippen molar-refractivity contribution < 1.29 is 22.4 Å². The number of rotatable bonds is 2. The molecule has 0 fully saturated rings. The van der Waals surface area contributed by atoms with Crippen molar-refractivity contribution in [2.45, 2.75) is 13.1 Å². The SMILES string of the molecule is Cc1c(C(=O)Nc2ccc(C(F)(F)F)cc2)oc2ccccc12. The predicted molar refractivity (Wildman–Crippen MR) is 80.3 cm³/mol. The van der Waals surface area contributed by atoms with Crippen LogP contribution in [0.3, 0.4) is 0 Å². The lowest BCUT2D eigenvalue weighted by Crippen LogP contribution is -2.12. The van der Waals surface area contributed by atoms with Gasteiger partial charge < -0.3 is 9.73 Å². The van der Waals surface area contributed by atoms with Crippen LogP contribution in [-0.2, 0) is 6.18 Å². The minimum Gasteiger partial charge on any atom is -0.451 e. The average molecular weight is 319 g/mol. The van der Waals surface area contributed by atoms with Gasteiger partial charge in [0.25, 0.3) is 5.91 Å². The summed E-state index contributed by atoms with van der Waals surface area (Å²) >= 11 is 0. The van der Waals surface area contributed by atoms with Crippen molar-refractivity contribution in [3.05, 3.63) is 65.4 Å². The number of nitrogens with one attached hydrogen (secondary N) is 1. The number of hydrogen-bond donors (Lipinski definition) is 1. The summed E-state index contributed by atoms with van der Waals surface area (Å²) in [6.45, 7) is 1.76. The molecule has 0 aliphatic heterocycles. The van der Waals surface area contributed by atoms with Gasteiger partial charge in [-0.3, -0.25) is 4.79 Å². The van der Waals surface area contributed by atoms with Gasteiger partial charge in [-0.15, -0.1) is 0 Å². The Morgan fingerprint density at radius 2 is 1.70 bits per heavy atom. The molecule has 23 heavy (non-hydrogen) atoms. The first kappa shape index (κ1) is 15.1. The molecule has 0 saturated heterocycles. The molecule has 0 bridgehead atoms. The van der Waals surface area contributed by atoms with E-state index in [1.54, 1.807) is 19.1 Å². The molecule has 1 heterocycles. The number of furan rings is 1. The zero-order chi connectivity index (χ0) is 16.6. The number of aryl methyl sites for hydroxylation is 1. The number of amides is 1. The highest BCUT2D eigenvalue weighted by Crippen LogP contribution is 2.30. The van der Waals surface area contributed by atoms with Crippen molar-refractivity contribution >= 4 is 22.6 Å². The molecule has 0 saturated carbocycles. The van der Waals surface area contributed by atoms with Crippen LogP contribution in [0.15, 0.2) is 52.9 Å². The fraction of sp³-hybridized carbons (Fsp3) is 0.118. The average Bonchev–Trinajstić information content (AvgIpc) is 2.85. The van der Waals surface area contributed by atoms with Crippen LogP contribution in [0.25, 0.3) is 11.0 Å². The van der Waals surface area contributed by atoms with Gasteiger partial charge in [0, 0.05) is 16.6 Å². The summed E-state index contributed by atoms with van der Waals surface area (Å²) in [6, 6.07) is 11.5. The van der Waals surface area contributed by atoms with E-state index < -0.39 is 17.6 Å². The summed E-state index contributed by atoms with van der Waals surface area (Å²) in [7, 11) is 0. The molecule has 118 valence electrons. The lowest BCUT2D eigenvalue weighted by atomic mass is 10.1. The normalized spacial score (nSPS) is 11.7. The van der Waals surface area contributed by atoms with Gasteiger partial charge in [-0.1, -0.05) is 18.2 Å². The Hall–Kier alpha value is -2.76. The van der Waals surface area contributed by atoms with E-state index in [1.165, 1.54) is 12.1 Å². The first-order chi connectivity index (χ1) is 10.9. The van der Waals surface area contributed by atoms with Crippen molar-refractivity contribution in [1.29, 1.82) is 0 Å². The maximum atomic E-state index is 12.5. The monoisotopic (exact) mass is 319 g/mol. The largest absolute Gasteiger partial charge is 0.451 e. The topological polar surface area (TPSA) is 42.2 Å². The number of carbonyl (C=O) groups excluding carboxylic acids is 1. The molecule has 2 aromatic carbocycles. The number of para-hydroxylation sites is 1.